The van der Waals surface area contributed by atoms with Crippen LogP contribution in [0.5, 0.6) is 0 Å². The fraction of sp³-hybridized carbons (Fsp3) is 0.846. The molecule has 0 aromatic carbocycles. The van der Waals surface area contributed by atoms with E-state index in [1.807, 2.05) is 6.92 Å². The second kappa shape index (κ2) is 7.06. The van der Waals surface area contributed by atoms with Crippen molar-refractivity contribution in [3.63, 3.8) is 0 Å². The Morgan fingerprint density at radius 3 is 2.15 bits per heavy atom. The zero-order chi connectivity index (χ0) is 16.1. The van der Waals surface area contributed by atoms with Gasteiger partial charge >= 0.3 is 12.0 Å². The van der Waals surface area contributed by atoms with E-state index < -0.39 is 33.8 Å². The molecule has 6 nitrogen and oxygen atoms in total. The van der Waals surface area contributed by atoms with Gasteiger partial charge in [-0.15, -0.1) is 0 Å². The summed E-state index contributed by atoms with van der Waals surface area (Å²) in [4.78, 5) is 23.0. The lowest BCUT2D eigenvalue weighted by Crippen LogP contribution is -2.59. The Hall–Kier alpha value is -1.11. The molecule has 0 aromatic rings. The molecule has 0 saturated heterocycles. The topological polar surface area (TPSA) is 95.5 Å². The monoisotopic (exact) mass is 306 g/mol. The van der Waals surface area contributed by atoms with Crippen molar-refractivity contribution in [2.45, 2.75) is 51.8 Å². The minimum Gasteiger partial charge on any atom is -0.481 e. The molecule has 0 rings (SSSR count). The molecular weight excluding hydrogens is 280 g/mol. The maximum atomic E-state index is 11.8. The van der Waals surface area contributed by atoms with Gasteiger partial charge in [-0.1, -0.05) is 6.92 Å². The number of urea groups is 1. The highest BCUT2D eigenvalue weighted by molar-refractivity contribution is 7.84. The molecule has 20 heavy (non-hydrogen) atoms. The van der Waals surface area contributed by atoms with Gasteiger partial charge in [0.15, 0.2) is 0 Å². The fourth-order valence-corrected chi connectivity index (χ4v) is 1.76. The Bertz CT molecular complexity index is 394. The minimum absolute atomic E-state index is 0.0128. The standard InChI is InChI=1S/C13H26N2O4S/c1-9(20(6)19)7-8-14-11(18)15-13(4,5)12(2,3)10(16)17/h9H,7-8H2,1-6H3,(H,16,17)(H2,14,15,18). The molecule has 0 saturated carbocycles. The lowest BCUT2D eigenvalue weighted by atomic mass is 9.74. The SMILES string of the molecule is CC(CCNC(=O)NC(C)(C)C(C)(C)C(=O)O)S(C)=O. The van der Waals surface area contributed by atoms with Crippen LogP contribution in [0.3, 0.4) is 0 Å². The van der Waals surface area contributed by atoms with E-state index in [-0.39, 0.29) is 5.25 Å². The second-order valence-electron chi connectivity index (χ2n) is 6.03. The second-order valence-corrected chi connectivity index (χ2v) is 7.84. The number of amides is 2. The number of hydrogen-bond donors (Lipinski definition) is 3. The van der Waals surface area contributed by atoms with Gasteiger partial charge in [-0.2, -0.15) is 0 Å². The first kappa shape index (κ1) is 18.9. The minimum atomic E-state index is -1.09. The van der Waals surface area contributed by atoms with Crippen LogP contribution >= 0.6 is 0 Å². The number of carboxylic acid groups (broad SMARTS) is 1. The van der Waals surface area contributed by atoms with Crippen molar-refractivity contribution >= 4 is 22.8 Å². The van der Waals surface area contributed by atoms with Gasteiger partial charge in [0.05, 0.1) is 11.0 Å². The number of nitrogens with one attached hydrogen (secondary N) is 2. The lowest BCUT2D eigenvalue weighted by Gasteiger charge is -2.38. The highest BCUT2D eigenvalue weighted by atomic mass is 32.2. The molecule has 2 unspecified atom stereocenters. The first-order valence-corrected chi connectivity index (χ1v) is 8.15. The van der Waals surface area contributed by atoms with Crippen LogP contribution in [0.2, 0.25) is 0 Å². The average molecular weight is 306 g/mol. The van der Waals surface area contributed by atoms with E-state index in [2.05, 4.69) is 10.6 Å². The van der Waals surface area contributed by atoms with Crippen molar-refractivity contribution in [3.8, 4) is 0 Å². The zero-order valence-corrected chi connectivity index (χ0v) is 13.9. The quantitative estimate of drug-likeness (QED) is 0.661. The molecule has 118 valence electrons. The summed E-state index contributed by atoms with van der Waals surface area (Å²) in [6, 6.07) is -0.418. The summed E-state index contributed by atoms with van der Waals surface area (Å²) >= 11 is 0. The first-order chi connectivity index (χ1) is 8.91. The van der Waals surface area contributed by atoms with Crippen LogP contribution in [-0.4, -0.2) is 44.9 Å². The van der Waals surface area contributed by atoms with Gasteiger partial charge in [-0.25, -0.2) is 4.79 Å². The Morgan fingerprint density at radius 2 is 1.75 bits per heavy atom. The zero-order valence-electron chi connectivity index (χ0n) is 13.1. The summed E-state index contributed by atoms with van der Waals surface area (Å²) in [7, 11) is -0.914. The molecule has 2 amide bonds. The van der Waals surface area contributed by atoms with Crippen LogP contribution in [0.4, 0.5) is 4.79 Å². The third-order valence-electron chi connectivity index (χ3n) is 3.93. The molecule has 2 atom stereocenters. The van der Waals surface area contributed by atoms with Crippen molar-refractivity contribution in [3.05, 3.63) is 0 Å². The summed E-state index contributed by atoms with van der Waals surface area (Å²) in [6.07, 6.45) is 2.24. The average Bonchev–Trinajstić information content (AvgIpc) is 2.27. The molecule has 3 N–H and O–H groups in total. The van der Waals surface area contributed by atoms with Crippen molar-refractivity contribution in [2.24, 2.45) is 5.41 Å². The third-order valence-corrected chi connectivity index (χ3v) is 5.30. The van der Waals surface area contributed by atoms with Gasteiger partial charge in [0.1, 0.15) is 0 Å². The number of carbonyl (C=O) groups excluding carboxylic acids is 1. The molecular formula is C13H26N2O4S. The van der Waals surface area contributed by atoms with Gasteiger partial charge < -0.3 is 15.7 Å². The highest BCUT2D eigenvalue weighted by Gasteiger charge is 2.44. The molecule has 0 aliphatic carbocycles. The van der Waals surface area contributed by atoms with Gasteiger partial charge in [0.25, 0.3) is 0 Å². The Labute approximate surface area is 123 Å². The fourth-order valence-electron chi connectivity index (χ4n) is 1.31. The van der Waals surface area contributed by atoms with Crippen molar-refractivity contribution in [1.29, 1.82) is 0 Å². The van der Waals surface area contributed by atoms with E-state index in [9.17, 15) is 18.9 Å². The number of carbonyl (C=O) groups is 2. The molecule has 0 heterocycles. The third kappa shape index (κ3) is 5.11. The molecule has 0 radical (unpaired) electrons. The van der Waals surface area contributed by atoms with E-state index in [0.717, 1.165) is 0 Å². The summed E-state index contributed by atoms with van der Waals surface area (Å²) < 4.78 is 11.2. The van der Waals surface area contributed by atoms with Crippen molar-refractivity contribution in [1.82, 2.24) is 10.6 Å². The molecule has 0 spiro atoms. The Balaban J connectivity index is 4.40. The van der Waals surface area contributed by atoms with Crippen molar-refractivity contribution < 1.29 is 18.9 Å². The molecule has 0 aliphatic heterocycles. The lowest BCUT2D eigenvalue weighted by molar-refractivity contribution is -0.150. The Kier molecular flexibility index (Phi) is 6.67. The van der Waals surface area contributed by atoms with Gasteiger partial charge in [-0.3, -0.25) is 9.00 Å². The van der Waals surface area contributed by atoms with E-state index in [0.29, 0.717) is 13.0 Å². The number of carboxylic acids is 1. The van der Waals surface area contributed by atoms with Crippen LogP contribution in [-0.2, 0) is 15.6 Å². The molecule has 0 bridgehead atoms. The maximum Gasteiger partial charge on any atom is 0.315 e. The molecule has 0 aliphatic rings. The van der Waals surface area contributed by atoms with Crippen LogP contribution in [0.1, 0.15) is 41.0 Å². The van der Waals surface area contributed by atoms with E-state index in [1.165, 1.54) is 0 Å². The summed E-state index contributed by atoms with van der Waals surface area (Å²) in [5, 5.41) is 14.5. The van der Waals surface area contributed by atoms with Crippen molar-refractivity contribution in [2.75, 3.05) is 12.8 Å². The summed E-state index contributed by atoms with van der Waals surface area (Å²) in [5.41, 5.74) is -2.00. The summed E-state index contributed by atoms with van der Waals surface area (Å²) in [5.74, 6) is -0.974. The first-order valence-electron chi connectivity index (χ1n) is 6.53. The predicted molar refractivity (Wildman–Crippen MR) is 80.2 cm³/mol. The molecule has 0 aromatic heterocycles. The largest absolute Gasteiger partial charge is 0.481 e. The van der Waals surface area contributed by atoms with Crippen LogP contribution < -0.4 is 10.6 Å². The van der Waals surface area contributed by atoms with Gasteiger partial charge in [0, 0.05) is 28.9 Å². The van der Waals surface area contributed by atoms with Crippen LogP contribution in [0, 0.1) is 5.41 Å². The normalized spacial score (nSPS) is 15.3. The highest BCUT2D eigenvalue weighted by Crippen LogP contribution is 2.30. The number of rotatable bonds is 7. The number of hydrogen-bond acceptors (Lipinski definition) is 3. The van der Waals surface area contributed by atoms with E-state index >= 15 is 0 Å². The molecule has 7 heteroatoms. The van der Waals surface area contributed by atoms with E-state index in [4.69, 9.17) is 0 Å². The predicted octanol–water partition coefficient (Wildman–Crippen LogP) is 1.33. The number of aliphatic carboxylic acids is 1. The van der Waals surface area contributed by atoms with Crippen LogP contribution in [0.25, 0.3) is 0 Å². The summed E-state index contributed by atoms with van der Waals surface area (Å²) in [6.45, 7) is 8.73. The van der Waals surface area contributed by atoms with E-state index in [1.54, 1.807) is 34.0 Å². The smallest absolute Gasteiger partial charge is 0.315 e. The van der Waals surface area contributed by atoms with Gasteiger partial charge in [0.2, 0.25) is 0 Å². The maximum absolute atomic E-state index is 11.8. The van der Waals surface area contributed by atoms with Gasteiger partial charge in [-0.05, 0) is 34.1 Å². The molecule has 0 fully saturated rings. The van der Waals surface area contributed by atoms with Crippen LogP contribution in [0.15, 0.2) is 0 Å². The Morgan fingerprint density at radius 1 is 1.25 bits per heavy atom.